The van der Waals surface area contributed by atoms with Gasteiger partial charge in [-0.05, 0) is 37.5 Å². The fourth-order valence-electron chi connectivity index (χ4n) is 2.05. The van der Waals surface area contributed by atoms with Crippen molar-refractivity contribution in [2.75, 3.05) is 24.2 Å². The molecular formula is C15H25N3O2. The second-order valence-electron chi connectivity index (χ2n) is 5.17. The van der Waals surface area contributed by atoms with Crippen LogP contribution in [0.2, 0.25) is 0 Å². The fraction of sp³-hybridized carbons (Fsp3) is 0.533. The molecule has 5 N–H and O–H groups in total. The lowest BCUT2D eigenvalue weighted by Gasteiger charge is -2.24. The zero-order chi connectivity index (χ0) is 15.1. The van der Waals surface area contributed by atoms with Crippen molar-refractivity contribution in [3.8, 4) is 0 Å². The van der Waals surface area contributed by atoms with Crippen LogP contribution in [0.1, 0.15) is 37.6 Å². The van der Waals surface area contributed by atoms with Crippen LogP contribution in [0.3, 0.4) is 0 Å². The summed E-state index contributed by atoms with van der Waals surface area (Å²) < 4.78 is 0. The SMILES string of the molecule is CCNC(=O)c1ccc(N)cc1NC(CCO)C(C)C. The molecule has 0 radical (unpaired) electrons. The Labute approximate surface area is 120 Å². The third-order valence-electron chi connectivity index (χ3n) is 3.21. The number of anilines is 2. The topological polar surface area (TPSA) is 87.4 Å². The summed E-state index contributed by atoms with van der Waals surface area (Å²) in [7, 11) is 0. The number of aliphatic hydroxyl groups excluding tert-OH is 1. The van der Waals surface area contributed by atoms with Gasteiger partial charge in [0, 0.05) is 30.6 Å². The Morgan fingerprint density at radius 3 is 2.65 bits per heavy atom. The van der Waals surface area contributed by atoms with Crippen molar-refractivity contribution in [1.82, 2.24) is 5.32 Å². The van der Waals surface area contributed by atoms with Crippen LogP contribution in [0.15, 0.2) is 18.2 Å². The zero-order valence-corrected chi connectivity index (χ0v) is 12.4. The number of hydrogen-bond donors (Lipinski definition) is 4. The van der Waals surface area contributed by atoms with Crippen LogP contribution in [0.5, 0.6) is 0 Å². The molecule has 0 spiro atoms. The van der Waals surface area contributed by atoms with Gasteiger partial charge in [-0.3, -0.25) is 4.79 Å². The Morgan fingerprint density at radius 2 is 2.10 bits per heavy atom. The van der Waals surface area contributed by atoms with Gasteiger partial charge in [0.15, 0.2) is 0 Å². The predicted octanol–water partition coefficient (Wildman–Crippen LogP) is 1.84. The summed E-state index contributed by atoms with van der Waals surface area (Å²) in [4.78, 5) is 12.0. The Hall–Kier alpha value is -1.75. The van der Waals surface area contributed by atoms with Crippen molar-refractivity contribution in [3.63, 3.8) is 0 Å². The molecule has 5 heteroatoms. The lowest BCUT2D eigenvalue weighted by Crippen LogP contribution is -2.29. The first-order chi connectivity index (χ1) is 9.49. The highest BCUT2D eigenvalue weighted by molar-refractivity contribution is 6.00. The van der Waals surface area contributed by atoms with E-state index in [1.165, 1.54) is 0 Å². The molecule has 1 unspecified atom stereocenters. The molecule has 0 saturated heterocycles. The molecule has 0 saturated carbocycles. The van der Waals surface area contributed by atoms with Crippen LogP contribution in [-0.2, 0) is 0 Å². The molecule has 0 bridgehead atoms. The highest BCUT2D eigenvalue weighted by Crippen LogP contribution is 2.22. The monoisotopic (exact) mass is 279 g/mol. The molecule has 1 amide bonds. The maximum atomic E-state index is 12.0. The first kappa shape index (κ1) is 16.3. The summed E-state index contributed by atoms with van der Waals surface area (Å²) in [5.41, 5.74) is 7.69. The standard InChI is InChI=1S/C15H25N3O2/c1-4-17-15(20)12-6-5-11(16)9-14(12)18-13(7-8-19)10(2)3/h5-6,9-10,13,18-19H,4,7-8,16H2,1-3H3,(H,17,20). The second kappa shape index (κ2) is 7.75. The van der Waals surface area contributed by atoms with Crippen molar-refractivity contribution in [3.05, 3.63) is 23.8 Å². The minimum Gasteiger partial charge on any atom is -0.399 e. The number of nitrogen functional groups attached to an aromatic ring is 1. The van der Waals surface area contributed by atoms with Gasteiger partial charge in [0.25, 0.3) is 5.91 Å². The highest BCUT2D eigenvalue weighted by atomic mass is 16.3. The first-order valence-electron chi connectivity index (χ1n) is 7.04. The van der Waals surface area contributed by atoms with Gasteiger partial charge in [-0.2, -0.15) is 0 Å². The number of benzene rings is 1. The smallest absolute Gasteiger partial charge is 0.253 e. The van der Waals surface area contributed by atoms with Crippen molar-refractivity contribution >= 4 is 17.3 Å². The van der Waals surface area contributed by atoms with E-state index in [-0.39, 0.29) is 18.6 Å². The molecule has 0 aliphatic heterocycles. The van der Waals surface area contributed by atoms with Gasteiger partial charge in [-0.1, -0.05) is 13.8 Å². The average molecular weight is 279 g/mol. The van der Waals surface area contributed by atoms with Gasteiger partial charge >= 0.3 is 0 Å². The minimum atomic E-state index is -0.124. The van der Waals surface area contributed by atoms with Gasteiger partial charge in [-0.25, -0.2) is 0 Å². The summed E-state index contributed by atoms with van der Waals surface area (Å²) in [6.45, 7) is 6.71. The average Bonchev–Trinajstić information content (AvgIpc) is 2.38. The number of aliphatic hydroxyl groups is 1. The third-order valence-corrected chi connectivity index (χ3v) is 3.21. The molecule has 0 aliphatic carbocycles. The van der Waals surface area contributed by atoms with Crippen LogP contribution in [-0.4, -0.2) is 30.2 Å². The molecule has 1 rings (SSSR count). The van der Waals surface area contributed by atoms with Gasteiger partial charge in [0.2, 0.25) is 0 Å². The van der Waals surface area contributed by atoms with E-state index in [0.29, 0.717) is 35.8 Å². The lowest BCUT2D eigenvalue weighted by atomic mass is 10.00. The quantitative estimate of drug-likeness (QED) is 0.574. The van der Waals surface area contributed by atoms with Gasteiger partial charge in [0.1, 0.15) is 0 Å². The van der Waals surface area contributed by atoms with Gasteiger partial charge in [-0.15, -0.1) is 0 Å². The van der Waals surface area contributed by atoms with Crippen LogP contribution >= 0.6 is 0 Å². The summed E-state index contributed by atoms with van der Waals surface area (Å²) in [5, 5.41) is 15.3. The molecule has 1 aromatic rings. The fourth-order valence-corrected chi connectivity index (χ4v) is 2.05. The van der Waals surface area contributed by atoms with E-state index in [1.807, 2.05) is 6.92 Å². The Kier molecular flexibility index (Phi) is 6.31. The molecule has 0 heterocycles. The number of nitrogens with one attached hydrogen (secondary N) is 2. The second-order valence-corrected chi connectivity index (χ2v) is 5.17. The van der Waals surface area contributed by atoms with E-state index in [4.69, 9.17) is 10.8 Å². The third kappa shape index (κ3) is 4.42. The van der Waals surface area contributed by atoms with Crippen LogP contribution < -0.4 is 16.4 Å². The molecule has 112 valence electrons. The summed E-state index contributed by atoms with van der Waals surface area (Å²) in [6, 6.07) is 5.29. The van der Waals surface area contributed by atoms with Crippen molar-refractivity contribution < 1.29 is 9.90 Å². The Balaban J connectivity index is 3.02. The van der Waals surface area contributed by atoms with E-state index < -0.39 is 0 Å². The molecular weight excluding hydrogens is 254 g/mol. The highest BCUT2D eigenvalue weighted by Gasteiger charge is 2.17. The van der Waals surface area contributed by atoms with Crippen molar-refractivity contribution in [2.24, 2.45) is 5.92 Å². The number of rotatable bonds is 7. The summed E-state index contributed by atoms with van der Waals surface area (Å²) >= 11 is 0. The maximum Gasteiger partial charge on any atom is 0.253 e. The molecule has 0 aliphatic rings. The number of nitrogens with two attached hydrogens (primary N) is 1. The van der Waals surface area contributed by atoms with E-state index in [0.717, 1.165) is 0 Å². The minimum absolute atomic E-state index is 0.0926. The molecule has 5 nitrogen and oxygen atoms in total. The summed E-state index contributed by atoms with van der Waals surface area (Å²) in [6.07, 6.45) is 0.626. The largest absolute Gasteiger partial charge is 0.399 e. The van der Waals surface area contributed by atoms with Crippen LogP contribution in [0, 0.1) is 5.92 Å². The number of carbonyl (C=O) groups is 1. The van der Waals surface area contributed by atoms with Gasteiger partial charge < -0.3 is 21.5 Å². The Morgan fingerprint density at radius 1 is 1.40 bits per heavy atom. The molecule has 0 fully saturated rings. The molecule has 20 heavy (non-hydrogen) atoms. The number of hydrogen-bond acceptors (Lipinski definition) is 4. The van der Waals surface area contributed by atoms with Crippen LogP contribution in [0.4, 0.5) is 11.4 Å². The van der Waals surface area contributed by atoms with E-state index >= 15 is 0 Å². The maximum absolute atomic E-state index is 12.0. The van der Waals surface area contributed by atoms with Gasteiger partial charge in [0.05, 0.1) is 5.56 Å². The normalized spacial score (nSPS) is 12.2. The predicted molar refractivity (Wildman–Crippen MR) is 82.8 cm³/mol. The number of carbonyl (C=O) groups excluding carboxylic acids is 1. The van der Waals surface area contributed by atoms with Crippen molar-refractivity contribution in [2.45, 2.75) is 33.2 Å². The van der Waals surface area contributed by atoms with Crippen molar-refractivity contribution in [1.29, 1.82) is 0 Å². The molecule has 0 aromatic heterocycles. The zero-order valence-electron chi connectivity index (χ0n) is 12.4. The van der Waals surface area contributed by atoms with E-state index in [2.05, 4.69) is 24.5 Å². The Bertz CT molecular complexity index is 447. The van der Waals surface area contributed by atoms with E-state index in [1.54, 1.807) is 18.2 Å². The summed E-state index contributed by atoms with van der Waals surface area (Å²) in [5.74, 6) is 0.215. The lowest BCUT2D eigenvalue weighted by molar-refractivity contribution is 0.0956. The number of amides is 1. The molecule has 1 aromatic carbocycles. The first-order valence-corrected chi connectivity index (χ1v) is 7.04. The molecule has 1 atom stereocenters. The van der Waals surface area contributed by atoms with Crippen LogP contribution in [0.25, 0.3) is 0 Å². The van der Waals surface area contributed by atoms with E-state index in [9.17, 15) is 4.79 Å².